The van der Waals surface area contributed by atoms with Crippen LogP contribution in [0.2, 0.25) is 0 Å². The van der Waals surface area contributed by atoms with Crippen molar-refractivity contribution in [3.8, 4) is 5.75 Å². The number of methoxy groups -OCH3 is 1. The summed E-state index contributed by atoms with van der Waals surface area (Å²) in [5, 5.41) is 0. The Morgan fingerprint density at radius 1 is 1.26 bits per heavy atom. The van der Waals surface area contributed by atoms with Crippen LogP contribution in [-0.4, -0.2) is 107 Å². The molecule has 192 valence electrons. The number of carbonyl (C=O) groups is 2. The molecule has 1 aliphatic heterocycles. The van der Waals surface area contributed by atoms with Crippen LogP contribution in [0.3, 0.4) is 0 Å². The van der Waals surface area contributed by atoms with Gasteiger partial charge in [0.05, 0.1) is 30.0 Å². The van der Waals surface area contributed by atoms with Crippen LogP contribution >= 0.6 is 0 Å². The predicted molar refractivity (Wildman–Crippen MR) is 132 cm³/mol. The normalized spacial score (nSPS) is 22.5. The van der Waals surface area contributed by atoms with Crippen molar-refractivity contribution in [1.82, 2.24) is 14.7 Å². The fourth-order valence-electron chi connectivity index (χ4n) is 3.80. The number of hydrogen-bond acceptors (Lipinski definition) is 7. The van der Waals surface area contributed by atoms with Gasteiger partial charge in [-0.15, -0.1) is 0 Å². The Hall–Kier alpha value is -2.37. The summed E-state index contributed by atoms with van der Waals surface area (Å²) in [5.74, 6) is -0.138. The number of amides is 2. The maximum atomic E-state index is 13.3. The summed E-state index contributed by atoms with van der Waals surface area (Å²) < 4.78 is 38.3. The van der Waals surface area contributed by atoms with Crippen molar-refractivity contribution in [2.45, 2.75) is 32.9 Å². The quantitative estimate of drug-likeness (QED) is 0.631. The molecule has 0 spiro atoms. The largest absolute Gasteiger partial charge is 0.491 e. The number of nitrogens with zero attached hydrogens (tertiary/aromatic N) is 3. The van der Waals surface area contributed by atoms with Gasteiger partial charge in [-0.05, 0) is 46.1 Å². The van der Waals surface area contributed by atoms with Crippen LogP contribution in [0.15, 0.2) is 18.2 Å². The first kappa shape index (κ1) is 27.9. The minimum Gasteiger partial charge on any atom is -0.491 e. The number of fused-ring (bicyclic) bond motifs is 1. The Bertz CT molecular complexity index is 968. The number of ether oxygens (including phenoxy) is 2. The zero-order chi connectivity index (χ0) is 25.6. The molecular weight excluding hydrogens is 460 g/mol. The topological polar surface area (TPSA) is 108 Å². The number of likely N-dealkylation sites (N-methyl/N-ethyl adjacent to an activating group) is 2. The van der Waals surface area contributed by atoms with E-state index in [1.807, 2.05) is 32.8 Å². The molecule has 10 nitrogen and oxygen atoms in total. The molecule has 1 heterocycles. The van der Waals surface area contributed by atoms with Gasteiger partial charge < -0.3 is 24.2 Å². The highest BCUT2D eigenvalue weighted by atomic mass is 32.2. The predicted octanol–water partition coefficient (Wildman–Crippen LogP) is 1.34. The van der Waals surface area contributed by atoms with Crippen molar-refractivity contribution >= 4 is 27.5 Å². The standard InChI is InChI=1S/C23H38N4O6S/c1-8-34(30,31)24-18-9-10-20-19(11-18)23(29)26(6)13-21(32-7)16(2)12-27(17(3)15-33-20)22(28)14-25(4)5/h9-11,16-17,21,24H,8,12-15H2,1-7H3/t16-,17-,21-/m0/s1. The van der Waals surface area contributed by atoms with Crippen LogP contribution < -0.4 is 9.46 Å². The van der Waals surface area contributed by atoms with Crippen LogP contribution in [0.25, 0.3) is 0 Å². The Labute approximate surface area is 203 Å². The molecule has 0 unspecified atom stereocenters. The maximum absolute atomic E-state index is 13.3. The lowest BCUT2D eigenvalue weighted by Gasteiger charge is -2.36. The van der Waals surface area contributed by atoms with E-state index in [1.165, 1.54) is 17.9 Å². The van der Waals surface area contributed by atoms with Gasteiger partial charge >= 0.3 is 0 Å². The van der Waals surface area contributed by atoms with Crippen molar-refractivity contribution in [3.05, 3.63) is 23.8 Å². The summed E-state index contributed by atoms with van der Waals surface area (Å²) in [6.07, 6.45) is -0.304. The highest BCUT2D eigenvalue weighted by Gasteiger charge is 2.30. The Balaban J connectivity index is 2.47. The molecule has 1 N–H and O–H groups in total. The summed E-state index contributed by atoms with van der Waals surface area (Å²) in [6.45, 7) is 6.64. The van der Waals surface area contributed by atoms with Gasteiger partial charge in [-0.3, -0.25) is 14.3 Å². The third kappa shape index (κ3) is 7.31. The first-order chi connectivity index (χ1) is 15.9. The van der Waals surface area contributed by atoms with Gasteiger partial charge in [-0.2, -0.15) is 0 Å². The van der Waals surface area contributed by atoms with Gasteiger partial charge in [0.15, 0.2) is 0 Å². The van der Waals surface area contributed by atoms with Crippen LogP contribution in [0, 0.1) is 5.92 Å². The van der Waals surface area contributed by atoms with Crippen molar-refractivity contribution in [2.24, 2.45) is 5.92 Å². The summed E-state index contributed by atoms with van der Waals surface area (Å²) in [7, 11) is 3.44. The lowest BCUT2D eigenvalue weighted by molar-refractivity contribution is -0.136. The first-order valence-electron chi connectivity index (χ1n) is 11.4. The van der Waals surface area contributed by atoms with Crippen LogP contribution in [-0.2, 0) is 19.6 Å². The molecule has 2 amide bonds. The average molecular weight is 499 g/mol. The zero-order valence-electron chi connectivity index (χ0n) is 21.2. The van der Waals surface area contributed by atoms with Gasteiger partial charge in [0.2, 0.25) is 15.9 Å². The molecule has 1 aliphatic rings. The molecule has 0 saturated heterocycles. The number of nitrogens with one attached hydrogen (secondary N) is 1. The van der Waals surface area contributed by atoms with E-state index in [0.29, 0.717) is 18.8 Å². The van der Waals surface area contributed by atoms with Gasteiger partial charge in [-0.1, -0.05) is 6.92 Å². The van der Waals surface area contributed by atoms with Gasteiger partial charge in [0, 0.05) is 38.9 Å². The maximum Gasteiger partial charge on any atom is 0.257 e. The molecule has 0 saturated carbocycles. The summed E-state index contributed by atoms with van der Waals surface area (Å²) in [5.41, 5.74) is 0.519. The lowest BCUT2D eigenvalue weighted by Crippen LogP contribution is -2.50. The molecule has 0 fully saturated rings. The van der Waals surface area contributed by atoms with E-state index in [0.717, 1.165) is 0 Å². The number of sulfonamides is 1. The third-order valence-corrected chi connectivity index (χ3v) is 7.18. The molecule has 3 atom stereocenters. The highest BCUT2D eigenvalue weighted by Crippen LogP contribution is 2.27. The van der Waals surface area contributed by atoms with E-state index < -0.39 is 10.0 Å². The summed E-state index contributed by atoms with van der Waals surface area (Å²) in [4.78, 5) is 31.5. The monoisotopic (exact) mass is 498 g/mol. The fourth-order valence-corrected chi connectivity index (χ4v) is 4.43. The minimum absolute atomic E-state index is 0.0196. The third-order valence-electron chi connectivity index (χ3n) is 5.87. The van der Waals surface area contributed by atoms with Crippen molar-refractivity contribution in [2.75, 3.05) is 65.0 Å². The first-order valence-corrected chi connectivity index (χ1v) is 13.0. The molecule has 11 heteroatoms. The van der Waals surface area contributed by atoms with Crippen LogP contribution in [0.4, 0.5) is 5.69 Å². The molecule has 34 heavy (non-hydrogen) atoms. The van der Waals surface area contributed by atoms with E-state index in [2.05, 4.69) is 4.72 Å². The molecule has 2 rings (SSSR count). The van der Waals surface area contributed by atoms with E-state index in [4.69, 9.17) is 9.47 Å². The number of anilines is 1. The van der Waals surface area contributed by atoms with Crippen molar-refractivity contribution in [1.29, 1.82) is 0 Å². The van der Waals surface area contributed by atoms with E-state index in [1.54, 1.807) is 31.2 Å². The van der Waals surface area contributed by atoms with Crippen molar-refractivity contribution in [3.63, 3.8) is 0 Å². The Morgan fingerprint density at radius 3 is 2.53 bits per heavy atom. The summed E-state index contributed by atoms with van der Waals surface area (Å²) >= 11 is 0. The molecule has 0 radical (unpaired) electrons. The number of carbonyl (C=O) groups excluding carboxylic acids is 2. The second-order valence-electron chi connectivity index (χ2n) is 9.10. The molecule has 0 bridgehead atoms. The van der Waals surface area contributed by atoms with E-state index in [-0.39, 0.29) is 60.0 Å². The Morgan fingerprint density at radius 2 is 1.94 bits per heavy atom. The summed E-state index contributed by atoms with van der Waals surface area (Å²) in [6, 6.07) is 4.36. The lowest BCUT2D eigenvalue weighted by atomic mass is 10.0. The van der Waals surface area contributed by atoms with Crippen LogP contribution in [0.5, 0.6) is 5.75 Å². The SMILES string of the molecule is CCS(=O)(=O)Nc1ccc2c(c1)C(=O)N(C)C[C@H](OC)[C@@H](C)CN(C(=O)CN(C)C)[C@@H](C)CO2. The van der Waals surface area contributed by atoms with E-state index in [9.17, 15) is 18.0 Å². The van der Waals surface area contributed by atoms with Gasteiger partial charge in [0.1, 0.15) is 12.4 Å². The molecule has 1 aromatic carbocycles. The molecular formula is C23H38N4O6S. The number of benzene rings is 1. The van der Waals surface area contributed by atoms with Gasteiger partial charge in [0.25, 0.3) is 5.91 Å². The van der Waals surface area contributed by atoms with Crippen molar-refractivity contribution < 1.29 is 27.5 Å². The number of rotatable bonds is 6. The van der Waals surface area contributed by atoms with Crippen LogP contribution in [0.1, 0.15) is 31.1 Å². The Kier molecular flexibility index (Phi) is 9.72. The molecule has 1 aromatic rings. The minimum atomic E-state index is -3.51. The van der Waals surface area contributed by atoms with E-state index >= 15 is 0 Å². The smallest absolute Gasteiger partial charge is 0.257 e. The zero-order valence-corrected chi connectivity index (χ0v) is 22.0. The number of hydrogen-bond donors (Lipinski definition) is 1. The highest BCUT2D eigenvalue weighted by molar-refractivity contribution is 7.92. The average Bonchev–Trinajstić information content (AvgIpc) is 2.77. The van der Waals surface area contributed by atoms with Gasteiger partial charge in [-0.25, -0.2) is 8.42 Å². The second kappa shape index (κ2) is 11.9. The fraction of sp³-hybridized carbons (Fsp3) is 0.652. The molecule has 0 aromatic heterocycles. The second-order valence-corrected chi connectivity index (χ2v) is 11.1. The molecule has 0 aliphatic carbocycles.